The van der Waals surface area contributed by atoms with E-state index in [1.165, 1.54) is 0 Å². The van der Waals surface area contributed by atoms with Gasteiger partial charge in [0.05, 0.1) is 7.11 Å². The summed E-state index contributed by atoms with van der Waals surface area (Å²) in [5.74, 6) is 0.915. The van der Waals surface area contributed by atoms with Gasteiger partial charge in [0.1, 0.15) is 5.75 Å². The fraction of sp³-hybridized carbons (Fsp3) is 0.188. The Balaban J connectivity index is 2.41. The molecule has 2 aromatic rings. The number of hydrogen-bond acceptors (Lipinski definition) is 2. The lowest BCUT2D eigenvalue weighted by molar-refractivity contribution is 0.112. The van der Waals surface area contributed by atoms with E-state index in [-0.39, 0.29) is 0 Å². The molecule has 1 atom stereocenters. The zero-order chi connectivity index (χ0) is 13.8. The quantitative estimate of drug-likeness (QED) is 0.632. The summed E-state index contributed by atoms with van der Waals surface area (Å²) in [5.41, 5.74) is 2.99. The van der Waals surface area contributed by atoms with Crippen molar-refractivity contribution in [1.82, 2.24) is 0 Å². The Labute approximate surface area is 115 Å². The van der Waals surface area contributed by atoms with Gasteiger partial charge in [0, 0.05) is 10.9 Å². The molecule has 0 aliphatic rings. The van der Waals surface area contributed by atoms with E-state index in [0.29, 0.717) is 8.58 Å². The summed E-state index contributed by atoms with van der Waals surface area (Å²) in [6.45, 7) is 4.02. The molecule has 98 valence electrons. The summed E-state index contributed by atoms with van der Waals surface area (Å²) in [4.78, 5) is 11.2. The highest BCUT2D eigenvalue weighted by molar-refractivity contribution is 7.56. The molecule has 0 aliphatic heterocycles. The molecule has 0 saturated heterocycles. The van der Waals surface area contributed by atoms with E-state index in [1.54, 1.807) is 7.11 Å². The number of carbonyl (C=O) groups is 1. The van der Waals surface area contributed by atoms with Crippen molar-refractivity contribution < 1.29 is 9.53 Å². The standard InChI is InChI=1S/C16H17O2P/c1-11-7-8-14(13(9-11)10-17)19-15-6-4-5-12(2)16(15)18-3/h4-10,19H,1-3H3. The van der Waals surface area contributed by atoms with Crippen LogP contribution in [0.3, 0.4) is 0 Å². The van der Waals surface area contributed by atoms with Gasteiger partial charge in [-0.15, -0.1) is 0 Å². The SMILES string of the molecule is COc1c(C)cccc1Pc1ccc(C)cc1C=O. The second-order valence-electron chi connectivity index (χ2n) is 4.49. The summed E-state index contributed by atoms with van der Waals surface area (Å²) in [7, 11) is 2.11. The third-order valence-corrected chi connectivity index (χ3v) is 4.41. The average Bonchev–Trinajstić information content (AvgIpc) is 2.41. The van der Waals surface area contributed by atoms with E-state index in [2.05, 4.69) is 6.07 Å². The maximum atomic E-state index is 11.2. The maximum Gasteiger partial charge on any atom is 0.150 e. The summed E-state index contributed by atoms with van der Waals surface area (Å²) < 4.78 is 5.46. The van der Waals surface area contributed by atoms with Crippen molar-refractivity contribution >= 4 is 25.5 Å². The van der Waals surface area contributed by atoms with Gasteiger partial charge in [-0.3, -0.25) is 4.79 Å². The Morgan fingerprint density at radius 1 is 1.11 bits per heavy atom. The summed E-state index contributed by atoms with van der Waals surface area (Å²) in [6.07, 6.45) is 0.928. The predicted molar refractivity (Wildman–Crippen MR) is 81.9 cm³/mol. The molecule has 0 N–H and O–H groups in total. The largest absolute Gasteiger partial charge is 0.496 e. The molecule has 0 heterocycles. The second kappa shape index (κ2) is 5.99. The Bertz CT molecular complexity index is 606. The number of rotatable bonds is 4. The van der Waals surface area contributed by atoms with E-state index < -0.39 is 0 Å². The smallest absolute Gasteiger partial charge is 0.150 e. The van der Waals surface area contributed by atoms with E-state index in [9.17, 15) is 4.79 Å². The number of para-hydroxylation sites is 1. The van der Waals surface area contributed by atoms with E-state index in [4.69, 9.17) is 4.74 Å². The van der Waals surface area contributed by atoms with Crippen LogP contribution in [0.2, 0.25) is 0 Å². The summed E-state index contributed by atoms with van der Waals surface area (Å²) in [5, 5.41) is 2.19. The fourth-order valence-electron chi connectivity index (χ4n) is 2.06. The minimum Gasteiger partial charge on any atom is -0.496 e. The molecule has 2 nitrogen and oxygen atoms in total. The molecule has 0 aliphatic carbocycles. The highest BCUT2D eigenvalue weighted by atomic mass is 31.1. The molecule has 0 spiro atoms. The van der Waals surface area contributed by atoms with Gasteiger partial charge in [-0.05, 0) is 30.8 Å². The summed E-state index contributed by atoms with van der Waals surface area (Å²) >= 11 is 0. The number of methoxy groups -OCH3 is 1. The lowest BCUT2D eigenvalue weighted by Gasteiger charge is -2.12. The van der Waals surface area contributed by atoms with Crippen LogP contribution in [0.1, 0.15) is 21.5 Å². The minimum atomic E-state index is 0.425. The van der Waals surface area contributed by atoms with Gasteiger partial charge in [-0.1, -0.05) is 44.5 Å². The number of aryl methyl sites for hydroxylation is 2. The van der Waals surface area contributed by atoms with Gasteiger partial charge < -0.3 is 4.74 Å². The third kappa shape index (κ3) is 3.02. The van der Waals surface area contributed by atoms with Crippen LogP contribution in [0, 0.1) is 13.8 Å². The number of carbonyl (C=O) groups excluding carboxylic acids is 1. The first-order chi connectivity index (χ1) is 9.15. The molecule has 2 rings (SSSR count). The molecule has 1 unspecified atom stereocenters. The van der Waals surface area contributed by atoms with E-state index in [0.717, 1.165) is 39.3 Å². The monoisotopic (exact) mass is 272 g/mol. The van der Waals surface area contributed by atoms with Crippen LogP contribution in [-0.4, -0.2) is 13.4 Å². The van der Waals surface area contributed by atoms with Gasteiger partial charge in [-0.2, -0.15) is 0 Å². The lowest BCUT2D eigenvalue weighted by atomic mass is 10.2. The van der Waals surface area contributed by atoms with Crippen LogP contribution in [0.4, 0.5) is 0 Å². The molecule has 0 saturated carbocycles. The fourth-order valence-corrected chi connectivity index (χ4v) is 3.39. The minimum absolute atomic E-state index is 0.425. The van der Waals surface area contributed by atoms with Crippen molar-refractivity contribution in [3.63, 3.8) is 0 Å². The van der Waals surface area contributed by atoms with Crippen molar-refractivity contribution in [3.8, 4) is 5.75 Å². The molecule has 0 fully saturated rings. The van der Waals surface area contributed by atoms with Gasteiger partial charge in [0.2, 0.25) is 0 Å². The first-order valence-corrected chi connectivity index (χ1v) is 7.12. The molecule has 0 radical (unpaired) electrons. The third-order valence-electron chi connectivity index (χ3n) is 3.02. The van der Waals surface area contributed by atoms with Gasteiger partial charge in [0.15, 0.2) is 6.29 Å². The average molecular weight is 272 g/mol. The van der Waals surface area contributed by atoms with Gasteiger partial charge in [-0.25, -0.2) is 0 Å². The molecular weight excluding hydrogens is 255 g/mol. The van der Waals surface area contributed by atoms with Crippen LogP contribution < -0.4 is 15.3 Å². The molecular formula is C16H17O2P. The highest BCUT2D eigenvalue weighted by Crippen LogP contribution is 2.23. The number of ether oxygens (including phenoxy) is 1. The topological polar surface area (TPSA) is 26.3 Å². The predicted octanol–water partition coefficient (Wildman–Crippen LogP) is 2.75. The van der Waals surface area contributed by atoms with Crippen LogP contribution in [0.15, 0.2) is 36.4 Å². The zero-order valence-corrected chi connectivity index (χ0v) is 12.4. The first-order valence-electron chi connectivity index (χ1n) is 6.12. The van der Waals surface area contributed by atoms with Crippen LogP contribution in [0.25, 0.3) is 0 Å². The molecule has 0 amide bonds. The Kier molecular flexibility index (Phi) is 4.34. The highest BCUT2D eigenvalue weighted by Gasteiger charge is 2.09. The number of aldehydes is 1. The number of hydrogen-bond donors (Lipinski definition) is 0. The Morgan fingerprint density at radius 2 is 1.89 bits per heavy atom. The van der Waals surface area contributed by atoms with Gasteiger partial charge >= 0.3 is 0 Å². The van der Waals surface area contributed by atoms with Crippen molar-refractivity contribution in [3.05, 3.63) is 53.1 Å². The van der Waals surface area contributed by atoms with Crippen molar-refractivity contribution in [2.75, 3.05) is 7.11 Å². The second-order valence-corrected chi connectivity index (χ2v) is 5.82. The van der Waals surface area contributed by atoms with Crippen molar-refractivity contribution in [2.24, 2.45) is 0 Å². The Hall–Kier alpha value is -1.66. The first kappa shape index (κ1) is 13.8. The van der Waals surface area contributed by atoms with Crippen molar-refractivity contribution in [1.29, 1.82) is 0 Å². The van der Waals surface area contributed by atoms with E-state index >= 15 is 0 Å². The number of benzene rings is 2. The van der Waals surface area contributed by atoms with Crippen molar-refractivity contribution in [2.45, 2.75) is 13.8 Å². The molecule has 0 aromatic heterocycles. The molecule has 0 bridgehead atoms. The lowest BCUT2D eigenvalue weighted by Crippen LogP contribution is -2.11. The van der Waals surface area contributed by atoms with Crippen LogP contribution in [0.5, 0.6) is 5.75 Å². The zero-order valence-electron chi connectivity index (χ0n) is 11.4. The molecule has 3 heteroatoms. The summed E-state index contributed by atoms with van der Waals surface area (Å²) in [6, 6.07) is 12.1. The normalized spacial score (nSPS) is 10.9. The molecule has 19 heavy (non-hydrogen) atoms. The van der Waals surface area contributed by atoms with Crippen LogP contribution in [-0.2, 0) is 0 Å². The molecule has 2 aromatic carbocycles. The van der Waals surface area contributed by atoms with Crippen LogP contribution >= 0.6 is 8.58 Å². The van der Waals surface area contributed by atoms with Gasteiger partial charge in [0.25, 0.3) is 0 Å². The van der Waals surface area contributed by atoms with E-state index in [1.807, 2.05) is 44.2 Å². The maximum absolute atomic E-state index is 11.2. The Morgan fingerprint density at radius 3 is 2.58 bits per heavy atom.